The molecule has 0 saturated carbocycles. The van der Waals surface area contributed by atoms with E-state index in [1.54, 1.807) is 33.1 Å². The summed E-state index contributed by atoms with van der Waals surface area (Å²) in [5.41, 5.74) is 0.738. The fourth-order valence-corrected chi connectivity index (χ4v) is 0.908. The molecule has 4 nitrogen and oxygen atoms in total. The quantitative estimate of drug-likeness (QED) is 0.595. The van der Waals surface area contributed by atoms with Gasteiger partial charge < -0.3 is 5.32 Å². The lowest BCUT2D eigenvalue weighted by Gasteiger charge is -2.06. The third kappa shape index (κ3) is 8.37. The van der Waals surface area contributed by atoms with E-state index in [4.69, 9.17) is 0 Å². The van der Waals surface area contributed by atoms with Gasteiger partial charge in [-0.1, -0.05) is 33.8 Å². The molecule has 0 aliphatic carbocycles. The predicted octanol–water partition coefficient (Wildman–Crippen LogP) is 2.59. The molecule has 0 saturated heterocycles. The van der Waals surface area contributed by atoms with Crippen molar-refractivity contribution < 1.29 is 11.0 Å². The molecule has 0 aliphatic rings. The molecule has 0 radical (unpaired) electrons. The van der Waals surface area contributed by atoms with Crippen LogP contribution >= 0.6 is 0 Å². The van der Waals surface area contributed by atoms with E-state index in [2.05, 4.69) is 10.3 Å². The summed E-state index contributed by atoms with van der Waals surface area (Å²) in [6.07, 6.45) is 3.44. The smallest absolute Gasteiger partial charge is 0.287 e. The lowest BCUT2D eigenvalue weighted by molar-refractivity contribution is -0.139. The van der Waals surface area contributed by atoms with Crippen LogP contribution in [0, 0.1) is 5.92 Å². The molecule has 1 amide bonds. The van der Waals surface area contributed by atoms with E-state index in [1.807, 2.05) is 20.8 Å². The van der Waals surface area contributed by atoms with Gasteiger partial charge in [-0.3, -0.25) is 14.6 Å². The van der Waals surface area contributed by atoms with Crippen molar-refractivity contribution in [3.63, 3.8) is 0 Å². The van der Waals surface area contributed by atoms with Crippen LogP contribution in [0.3, 0.4) is 0 Å². The molecule has 0 aliphatic heterocycles. The first-order valence-electron chi connectivity index (χ1n) is 5.98. The summed E-state index contributed by atoms with van der Waals surface area (Å²) < 4.78 is 0. The number of Topliss-reactive ketones (excluding diaryl/α,β-unsaturated/α-hetero) is 1. The van der Waals surface area contributed by atoms with E-state index < -0.39 is 11.7 Å². The first-order valence-corrected chi connectivity index (χ1v) is 5.98. The molecule has 0 unspecified atom stereocenters. The maximum atomic E-state index is 11.3. The van der Waals surface area contributed by atoms with E-state index in [0.29, 0.717) is 0 Å². The molecule has 0 heterocycles. The molecule has 0 atom stereocenters. The molecule has 0 rings (SSSR count). The number of aliphatic imine (C=N–C) groups is 1. The van der Waals surface area contributed by atoms with Crippen molar-refractivity contribution in [3.8, 4) is 0 Å². The Morgan fingerprint density at radius 3 is 2.18 bits per heavy atom. The average Bonchev–Trinajstić information content (AvgIpc) is 2.35. The van der Waals surface area contributed by atoms with Crippen molar-refractivity contribution in [2.24, 2.45) is 10.9 Å². The zero-order valence-corrected chi connectivity index (χ0v) is 11.7. The second-order valence-electron chi connectivity index (χ2n) is 3.37. The van der Waals surface area contributed by atoms with Gasteiger partial charge >= 0.3 is 0 Å². The third-order valence-corrected chi connectivity index (χ3v) is 1.81. The number of ketones is 1. The highest BCUT2D eigenvalue weighted by Gasteiger charge is 2.16. The molecule has 0 aromatic carbocycles. The number of amides is 1. The van der Waals surface area contributed by atoms with Crippen molar-refractivity contribution in [2.75, 3.05) is 6.54 Å². The minimum absolute atomic E-state index is 0. The summed E-state index contributed by atoms with van der Waals surface area (Å²) in [5.74, 6) is -1.21. The minimum atomic E-state index is -0.546. The van der Waals surface area contributed by atoms with Gasteiger partial charge in [0.15, 0.2) is 0 Å². The number of nitrogens with zero attached hydrogens (tertiary/aromatic N) is 1. The van der Waals surface area contributed by atoms with Crippen LogP contribution in [0.2, 0.25) is 0 Å². The summed E-state index contributed by atoms with van der Waals surface area (Å²) in [4.78, 5) is 26.5. The number of nitrogens with one attached hydrogen (secondary N) is 1. The van der Waals surface area contributed by atoms with Gasteiger partial charge in [0.1, 0.15) is 0 Å². The maximum absolute atomic E-state index is 11.3. The number of rotatable bonds is 5. The van der Waals surface area contributed by atoms with Gasteiger partial charge in [0.2, 0.25) is 5.78 Å². The van der Waals surface area contributed by atoms with Crippen LogP contribution in [0.15, 0.2) is 16.8 Å². The fourth-order valence-electron chi connectivity index (χ4n) is 0.908. The van der Waals surface area contributed by atoms with Crippen molar-refractivity contribution >= 4 is 17.9 Å². The van der Waals surface area contributed by atoms with E-state index in [1.165, 1.54) is 0 Å². The molecule has 100 valence electrons. The van der Waals surface area contributed by atoms with Crippen molar-refractivity contribution in [1.29, 1.82) is 0 Å². The Balaban J connectivity index is -0.000000709. The van der Waals surface area contributed by atoms with Crippen molar-refractivity contribution in [2.45, 2.75) is 41.5 Å². The van der Waals surface area contributed by atoms with Gasteiger partial charge in [0.05, 0.1) is 12.2 Å². The highest BCUT2D eigenvalue weighted by atomic mass is 16.2. The van der Waals surface area contributed by atoms with Gasteiger partial charge in [-0.2, -0.15) is 0 Å². The Labute approximate surface area is 106 Å². The van der Waals surface area contributed by atoms with E-state index in [9.17, 15) is 9.59 Å². The Morgan fingerprint density at radius 1 is 1.29 bits per heavy atom. The average molecular weight is 242 g/mol. The van der Waals surface area contributed by atoms with Crippen molar-refractivity contribution in [3.05, 3.63) is 11.8 Å². The van der Waals surface area contributed by atoms with Crippen LogP contribution in [0.5, 0.6) is 0 Å². The fraction of sp³-hybridized carbons (Fsp3) is 0.615. The number of hydrogen-bond donors (Lipinski definition) is 1. The Morgan fingerprint density at radius 2 is 1.82 bits per heavy atom. The molecule has 1 N–H and O–H groups in total. The topological polar surface area (TPSA) is 58.5 Å². The normalized spacial score (nSPS) is 11.1. The van der Waals surface area contributed by atoms with Crippen molar-refractivity contribution in [1.82, 2.24) is 5.32 Å². The number of hydrogen-bond acceptors (Lipinski definition) is 3. The lowest BCUT2D eigenvalue weighted by Crippen LogP contribution is -2.34. The molecule has 4 heteroatoms. The van der Waals surface area contributed by atoms with Gasteiger partial charge in [0, 0.05) is 13.6 Å². The van der Waals surface area contributed by atoms with Gasteiger partial charge in [-0.15, -0.1) is 0 Å². The first kappa shape index (κ1) is 17.9. The van der Waals surface area contributed by atoms with E-state index in [-0.39, 0.29) is 13.9 Å². The Kier molecular flexibility index (Phi) is 11.7. The van der Waals surface area contributed by atoms with Gasteiger partial charge in [-0.25, -0.2) is 0 Å². The molecule has 17 heavy (non-hydrogen) atoms. The highest BCUT2D eigenvalue weighted by molar-refractivity contribution is 6.36. The Hall–Kier alpha value is -1.45. The SMILES string of the molecule is CC.CC=N/C(=C\C)CNC(=O)C(=O)C(C)C.[HH]. The first-order chi connectivity index (χ1) is 8.02. The van der Waals surface area contributed by atoms with Gasteiger partial charge in [0.25, 0.3) is 5.91 Å². The minimum Gasteiger partial charge on any atom is -0.344 e. The second kappa shape index (κ2) is 11.0. The van der Waals surface area contributed by atoms with Gasteiger partial charge in [-0.05, 0) is 13.8 Å². The maximum Gasteiger partial charge on any atom is 0.287 e. The number of allylic oxidation sites excluding steroid dienone is 1. The number of carbonyl (C=O) groups excluding carboxylic acids is 2. The summed E-state index contributed by atoms with van der Waals surface area (Å²) in [5, 5.41) is 2.53. The molecule has 0 fully saturated rings. The standard InChI is InChI=1S/C11H18N2O2.C2H6.H2/c1-5-9(12-6-2)7-13-11(15)10(14)8(3)4;1-2;/h5-6,8H,7H2,1-4H3,(H,13,15);1-2H3;1H/b9-5-,12-6?;;. The predicted molar refractivity (Wildman–Crippen MR) is 74.2 cm³/mol. The zero-order valence-electron chi connectivity index (χ0n) is 11.7. The molecule has 0 aromatic rings. The largest absolute Gasteiger partial charge is 0.344 e. The van der Waals surface area contributed by atoms with Crippen LogP contribution < -0.4 is 5.32 Å². The monoisotopic (exact) mass is 242 g/mol. The summed E-state index contributed by atoms with van der Waals surface area (Å²) in [7, 11) is 0. The van der Waals surface area contributed by atoms with Crippen LogP contribution in [0.1, 0.15) is 43.0 Å². The third-order valence-electron chi connectivity index (χ3n) is 1.81. The van der Waals surface area contributed by atoms with E-state index >= 15 is 0 Å². The molecule has 0 spiro atoms. The van der Waals surface area contributed by atoms with Crippen LogP contribution in [-0.4, -0.2) is 24.4 Å². The lowest BCUT2D eigenvalue weighted by atomic mass is 10.1. The van der Waals surface area contributed by atoms with E-state index in [0.717, 1.165) is 5.70 Å². The summed E-state index contributed by atoms with van der Waals surface area (Å²) in [6, 6.07) is 0. The van der Waals surface area contributed by atoms with Crippen LogP contribution in [0.25, 0.3) is 0 Å². The second-order valence-corrected chi connectivity index (χ2v) is 3.37. The highest BCUT2D eigenvalue weighted by Crippen LogP contribution is 1.96. The zero-order chi connectivity index (χ0) is 13.8. The molecule has 0 aromatic heterocycles. The van der Waals surface area contributed by atoms with Crippen LogP contribution in [-0.2, 0) is 9.59 Å². The van der Waals surface area contributed by atoms with Crippen LogP contribution in [0.4, 0.5) is 0 Å². The molecular formula is C13H26N2O2. The summed E-state index contributed by atoms with van der Waals surface area (Å²) in [6.45, 7) is 11.3. The number of carbonyl (C=O) groups is 2. The molecule has 0 bridgehead atoms. The summed E-state index contributed by atoms with van der Waals surface area (Å²) >= 11 is 0. The Bertz CT molecular complexity index is 297. The molecular weight excluding hydrogens is 216 g/mol.